The number of benzene rings is 2. The maximum absolute atomic E-state index is 12.7. The van der Waals surface area contributed by atoms with Crippen LogP contribution in [-0.4, -0.2) is 6.54 Å². The molecule has 0 aliphatic heterocycles. The number of halogens is 2. The summed E-state index contributed by atoms with van der Waals surface area (Å²) in [4.78, 5) is 0. The van der Waals surface area contributed by atoms with Crippen molar-refractivity contribution in [3.8, 4) is 0 Å². The third-order valence-corrected chi connectivity index (χ3v) is 3.20. The molecule has 106 valence electrons. The minimum atomic E-state index is -2.46. The van der Waals surface area contributed by atoms with Crippen LogP contribution in [0.1, 0.15) is 29.2 Å². The summed E-state index contributed by atoms with van der Waals surface area (Å²) in [7, 11) is 0. The summed E-state index contributed by atoms with van der Waals surface area (Å²) in [6.07, 6.45) is -2.46. The van der Waals surface area contributed by atoms with Gasteiger partial charge in [0.05, 0.1) is 0 Å². The lowest BCUT2D eigenvalue weighted by Gasteiger charge is -2.18. The van der Waals surface area contributed by atoms with Gasteiger partial charge in [-0.25, -0.2) is 8.78 Å². The molecular weight excluding hydrogens is 258 g/mol. The van der Waals surface area contributed by atoms with Gasteiger partial charge in [-0.2, -0.15) is 0 Å². The van der Waals surface area contributed by atoms with Gasteiger partial charge in [-0.05, 0) is 17.2 Å². The van der Waals surface area contributed by atoms with Gasteiger partial charge in [0.15, 0.2) is 0 Å². The lowest BCUT2D eigenvalue weighted by molar-refractivity contribution is 0.151. The third kappa shape index (κ3) is 3.85. The largest absolute Gasteiger partial charge is 0.329 e. The molecule has 0 aliphatic carbocycles. The van der Waals surface area contributed by atoms with Gasteiger partial charge in [0.25, 0.3) is 6.43 Å². The maximum atomic E-state index is 12.7. The number of alkyl halides is 2. The third-order valence-electron chi connectivity index (χ3n) is 3.20. The average Bonchev–Trinajstić information content (AvgIpc) is 2.49. The first kappa shape index (κ1) is 14.6. The van der Waals surface area contributed by atoms with Gasteiger partial charge in [0, 0.05) is 24.7 Å². The molecule has 2 rings (SSSR count). The number of nitrogens with one attached hydrogen (secondary N) is 1. The predicted molar refractivity (Wildman–Crippen MR) is 76.5 cm³/mol. The van der Waals surface area contributed by atoms with Crippen LogP contribution in [-0.2, 0) is 6.54 Å². The van der Waals surface area contributed by atoms with Gasteiger partial charge in [-0.1, -0.05) is 48.5 Å². The highest BCUT2D eigenvalue weighted by atomic mass is 19.3. The van der Waals surface area contributed by atoms with Crippen LogP contribution in [0.5, 0.6) is 0 Å². The summed E-state index contributed by atoms with van der Waals surface area (Å²) in [6.45, 7) is 1.02. The first-order valence-electron chi connectivity index (χ1n) is 6.56. The van der Waals surface area contributed by atoms with Gasteiger partial charge in [0.2, 0.25) is 0 Å². The standard InChI is InChI=1S/C16H18F2N2/c17-16(18)14-8-4-7-13(9-14)15(10-19)20-11-12-5-2-1-3-6-12/h1-9,15-16,20H,10-11,19H2. The molecule has 1 unspecified atom stereocenters. The second kappa shape index (κ2) is 7.12. The van der Waals surface area contributed by atoms with Gasteiger partial charge in [0.1, 0.15) is 0 Å². The van der Waals surface area contributed by atoms with E-state index in [0.29, 0.717) is 13.1 Å². The van der Waals surface area contributed by atoms with Crippen molar-refractivity contribution in [1.82, 2.24) is 5.32 Å². The van der Waals surface area contributed by atoms with Crippen LogP contribution in [0.3, 0.4) is 0 Å². The highest BCUT2D eigenvalue weighted by molar-refractivity contribution is 5.27. The number of hydrogen-bond acceptors (Lipinski definition) is 2. The van der Waals surface area contributed by atoms with Gasteiger partial charge in [-0.3, -0.25) is 0 Å². The summed E-state index contributed by atoms with van der Waals surface area (Å²) in [5.74, 6) is 0. The second-order valence-corrected chi connectivity index (χ2v) is 4.63. The molecule has 4 heteroatoms. The molecule has 0 bridgehead atoms. The van der Waals surface area contributed by atoms with Crippen molar-refractivity contribution in [2.24, 2.45) is 5.73 Å². The highest BCUT2D eigenvalue weighted by Crippen LogP contribution is 2.22. The second-order valence-electron chi connectivity index (χ2n) is 4.63. The van der Waals surface area contributed by atoms with Gasteiger partial charge < -0.3 is 11.1 Å². The molecule has 0 radical (unpaired) electrons. The van der Waals surface area contributed by atoms with Crippen molar-refractivity contribution in [2.75, 3.05) is 6.54 Å². The van der Waals surface area contributed by atoms with E-state index in [2.05, 4.69) is 5.32 Å². The van der Waals surface area contributed by atoms with E-state index in [1.807, 2.05) is 36.4 Å². The fraction of sp³-hybridized carbons (Fsp3) is 0.250. The van der Waals surface area contributed by atoms with Gasteiger partial charge >= 0.3 is 0 Å². The van der Waals surface area contributed by atoms with E-state index in [4.69, 9.17) is 5.73 Å². The Labute approximate surface area is 117 Å². The topological polar surface area (TPSA) is 38.0 Å². The van der Waals surface area contributed by atoms with E-state index in [1.165, 1.54) is 12.1 Å². The molecule has 0 saturated heterocycles. The lowest BCUT2D eigenvalue weighted by atomic mass is 10.0. The maximum Gasteiger partial charge on any atom is 0.263 e. The first-order chi connectivity index (χ1) is 9.70. The lowest BCUT2D eigenvalue weighted by Crippen LogP contribution is -2.27. The Hall–Kier alpha value is -1.78. The molecule has 2 aromatic carbocycles. The Morgan fingerprint density at radius 2 is 1.65 bits per heavy atom. The smallest absolute Gasteiger partial charge is 0.263 e. The highest BCUT2D eigenvalue weighted by Gasteiger charge is 2.12. The van der Waals surface area contributed by atoms with E-state index < -0.39 is 6.43 Å². The quantitative estimate of drug-likeness (QED) is 0.848. The molecule has 0 saturated carbocycles. The monoisotopic (exact) mass is 276 g/mol. The average molecular weight is 276 g/mol. The summed E-state index contributed by atoms with van der Waals surface area (Å²) < 4.78 is 25.4. The normalized spacial score (nSPS) is 12.6. The molecule has 0 amide bonds. The fourth-order valence-corrected chi connectivity index (χ4v) is 2.09. The molecule has 2 nitrogen and oxygen atoms in total. The van der Waals surface area contributed by atoms with E-state index >= 15 is 0 Å². The van der Waals surface area contributed by atoms with Crippen LogP contribution in [0.25, 0.3) is 0 Å². The fourth-order valence-electron chi connectivity index (χ4n) is 2.09. The van der Waals surface area contributed by atoms with Crippen molar-refractivity contribution in [1.29, 1.82) is 0 Å². The van der Waals surface area contributed by atoms with Crippen LogP contribution in [0.15, 0.2) is 54.6 Å². The zero-order chi connectivity index (χ0) is 14.4. The Balaban J connectivity index is 2.06. The minimum absolute atomic E-state index is 0.0301. The molecular formula is C16H18F2N2. The van der Waals surface area contributed by atoms with Crippen LogP contribution in [0.2, 0.25) is 0 Å². The molecule has 0 heterocycles. The molecule has 1 atom stereocenters. The SMILES string of the molecule is NCC(NCc1ccccc1)c1cccc(C(F)F)c1. The Morgan fingerprint density at radius 3 is 2.30 bits per heavy atom. The molecule has 2 aromatic rings. The predicted octanol–water partition coefficient (Wildman–Crippen LogP) is 3.41. The molecule has 0 spiro atoms. The van der Waals surface area contributed by atoms with Crippen molar-refractivity contribution < 1.29 is 8.78 Å². The van der Waals surface area contributed by atoms with Crippen LogP contribution in [0.4, 0.5) is 8.78 Å². The molecule has 0 aliphatic rings. The summed E-state index contributed by atoms with van der Waals surface area (Å²) in [5.41, 5.74) is 7.70. The number of rotatable bonds is 6. The molecule has 0 fully saturated rings. The summed E-state index contributed by atoms with van der Waals surface area (Å²) in [6, 6.07) is 16.2. The Bertz CT molecular complexity index is 529. The van der Waals surface area contributed by atoms with Gasteiger partial charge in [-0.15, -0.1) is 0 Å². The van der Waals surface area contributed by atoms with E-state index in [-0.39, 0.29) is 11.6 Å². The van der Waals surface area contributed by atoms with Crippen molar-refractivity contribution in [3.05, 3.63) is 71.3 Å². The van der Waals surface area contributed by atoms with Crippen molar-refractivity contribution in [2.45, 2.75) is 19.0 Å². The zero-order valence-electron chi connectivity index (χ0n) is 11.1. The molecule has 3 N–H and O–H groups in total. The molecule has 20 heavy (non-hydrogen) atoms. The Kier molecular flexibility index (Phi) is 5.21. The van der Waals surface area contributed by atoms with Crippen LogP contribution >= 0.6 is 0 Å². The number of hydrogen-bond donors (Lipinski definition) is 2. The van der Waals surface area contributed by atoms with Crippen molar-refractivity contribution in [3.63, 3.8) is 0 Å². The minimum Gasteiger partial charge on any atom is -0.329 e. The number of nitrogens with two attached hydrogens (primary N) is 1. The van der Waals surface area contributed by atoms with E-state index in [1.54, 1.807) is 6.07 Å². The van der Waals surface area contributed by atoms with Crippen LogP contribution < -0.4 is 11.1 Å². The Morgan fingerprint density at radius 1 is 0.950 bits per heavy atom. The van der Waals surface area contributed by atoms with E-state index in [0.717, 1.165) is 11.1 Å². The zero-order valence-corrected chi connectivity index (χ0v) is 11.1. The summed E-state index contributed by atoms with van der Waals surface area (Å²) >= 11 is 0. The first-order valence-corrected chi connectivity index (χ1v) is 6.56. The van der Waals surface area contributed by atoms with E-state index in [9.17, 15) is 8.78 Å². The molecule has 0 aromatic heterocycles. The van der Waals surface area contributed by atoms with Crippen molar-refractivity contribution >= 4 is 0 Å². The summed E-state index contributed by atoms with van der Waals surface area (Å²) in [5, 5.41) is 3.30. The van der Waals surface area contributed by atoms with Crippen LogP contribution in [0, 0.1) is 0 Å².